The highest BCUT2D eigenvalue weighted by Gasteiger charge is 2.30. The Morgan fingerprint density at radius 1 is 0.286 bits per heavy atom. The topological polar surface area (TPSA) is 13.1 Å². The highest BCUT2D eigenvalue weighted by molar-refractivity contribution is 6.27. The van der Waals surface area contributed by atoms with Gasteiger partial charge < -0.3 is 4.42 Å². The van der Waals surface area contributed by atoms with Crippen molar-refractivity contribution in [1.82, 2.24) is 0 Å². The van der Waals surface area contributed by atoms with E-state index in [0.29, 0.717) is 0 Å². The molecule has 1 aliphatic carbocycles. The van der Waals surface area contributed by atoms with Crippen LogP contribution in [-0.2, 0) is 0 Å². The number of hydrogen-bond acceptors (Lipinski definition) is 1. The highest BCUT2D eigenvalue weighted by atomic mass is 16.3. The zero-order valence-corrected chi connectivity index (χ0v) is 26.6. The zero-order chi connectivity index (χ0) is 32.1. The van der Waals surface area contributed by atoms with Gasteiger partial charge in [0.1, 0.15) is 11.2 Å². The fourth-order valence-corrected chi connectivity index (χ4v) is 8.55. The summed E-state index contributed by atoms with van der Waals surface area (Å²) in [5.74, 6) is 0. The molecule has 1 heteroatoms. The Labute approximate surface area is 283 Å². The average molecular weight is 621 g/mol. The van der Waals surface area contributed by atoms with Crippen LogP contribution in [0, 0.1) is 0 Å². The lowest BCUT2D eigenvalue weighted by Crippen LogP contribution is -1.93. The van der Waals surface area contributed by atoms with Crippen molar-refractivity contribution in [3.63, 3.8) is 0 Å². The Hall–Kier alpha value is -6.44. The van der Waals surface area contributed by atoms with Gasteiger partial charge in [-0.1, -0.05) is 158 Å². The lowest BCUT2D eigenvalue weighted by molar-refractivity contribution is 0.673. The molecule has 0 spiro atoms. The van der Waals surface area contributed by atoms with Gasteiger partial charge in [-0.2, -0.15) is 0 Å². The van der Waals surface area contributed by atoms with Crippen LogP contribution in [0.15, 0.2) is 174 Å². The fourth-order valence-electron chi connectivity index (χ4n) is 8.55. The highest BCUT2D eigenvalue weighted by Crippen LogP contribution is 2.57. The second-order valence-corrected chi connectivity index (χ2v) is 13.1. The molecule has 9 aromatic carbocycles. The van der Waals surface area contributed by atoms with Crippen LogP contribution >= 0.6 is 0 Å². The van der Waals surface area contributed by atoms with Crippen molar-refractivity contribution in [2.75, 3.05) is 0 Å². The molecule has 1 heterocycles. The van der Waals surface area contributed by atoms with E-state index in [1.165, 1.54) is 82.6 Å². The van der Waals surface area contributed by atoms with E-state index in [1.807, 2.05) is 0 Å². The van der Waals surface area contributed by atoms with Gasteiger partial charge in [-0.25, -0.2) is 0 Å². The van der Waals surface area contributed by atoms with Crippen molar-refractivity contribution in [3.8, 4) is 55.6 Å². The smallest absolute Gasteiger partial charge is 0.143 e. The lowest BCUT2D eigenvalue weighted by Gasteiger charge is -2.20. The van der Waals surface area contributed by atoms with Gasteiger partial charge in [0.2, 0.25) is 0 Å². The van der Waals surface area contributed by atoms with Crippen LogP contribution < -0.4 is 0 Å². The first-order valence-electron chi connectivity index (χ1n) is 16.9. The Bertz CT molecular complexity index is 2960. The van der Waals surface area contributed by atoms with Crippen LogP contribution in [-0.4, -0.2) is 0 Å². The van der Waals surface area contributed by atoms with Gasteiger partial charge in [0.25, 0.3) is 0 Å². The summed E-state index contributed by atoms with van der Waals surface area (Å²) in [6, 6.07) is 61.9. The van der Waals surface area contributed by atoms with E-state index >= 15 is 0 Å². The number of furan rings is 1. The van der Waals surface area contributed by atoms with E-state index in [9.17, 15) is 0 Å². The lowest BCUT2D eigenvalue weighted by atomic mass is 9.82. The molecular weight excluding hydrogens is 593 g/mol. The second-order valence-electron chi connectivity index (χ2n) is 13.1. The molecule has 0 aliphatic heterocycles. The first-order valence-corrected chi connectivity index (χ1v) is 16.9. The van der Waals surface area contributed by atoms with Crippen LogP contribution in [0.25, 0.3) is 110 Å². The van der Waals surface area contributed by atoms with Gasteiger partial charge in [-0.05, 0) is 94.7 Å². The van der Waals surface area contributed by atoms with E-state index in [1.54, 1.807) is 0 Å². The van der Waals surface area contributed by atoms with E-state index < -0.39 is 0 Å². The van der Waals surface area contributed by atoms with Crippen LogP contribution in [0.5, 0.6) is 0 Å². The first kappa shape index (κ1) is 26.6. The minimum atomic E-state index is 0.916. The summed E-state index contributed by atoms with van der Waals surface area (Å²) in [4.78, 5) is 0. The molecular formula is C48H28O. The fraction of sp³-hybridized carbons (Fsp3) is 0. The molecule has 1 nitrogen and oxygen atoms in total. The maximum Gasteiger partial charge on any atom is 0.143 e. The Morgan fingerprint density at radius 3 is 1.55 bits per heavy atom. The summed E-state index contributed by atoms with van der Waals surface area (Å²) < 4.78 is 6.53. The van der Waals surface area contributed by atoms with Crippen LogP contribution in [0.4, 0.5) is 0 Å². The Balaban J connectivity index is 1.17. The molecule has 10 aromatic rings. The number of hydrogen-bond donors (Lipinski definition) is 0. The normalized spacial score (nSPS) is 12.1. The maximum absolute atomic E-state index is 6.53. The summed E-state index contributed by atoms with van der Waals surface area (Å²) in [5.41, 5.74) is 14.6. The van der Waals surface area contributed by atoms with Crippen molar-refractivity contribution in [2.24, 2.45) is 0 Å². The second kappa shape index (κ2) is 10.0. The van der Waals surface area contributed by atoms with Gasteiger partial charge in [0.15, 0.2) is 0 Å². The third kappa shape index (κ3) is 3.70. The molecule has 226 valence electrons. The van der Waals surface area contributed by atoms with Crippen molar-refractivity contribution in [2.45, 2.75) is 0 Å². The molecule has 11 rings (SSSR count). The molecule has 1 aliphatic rings. The standard InChI is InChI=1S/C48H28O/c1-2-12-32(13-3-1)43-36-17-6-7-18-37(36)44(47-39-21-9-15-31-14-8-20-38(42(31)39)46(43)47)33-25-23-30(24-26-33)34-19-10-22-41-45(34)40-28-27-29-11-4-5-16-35(29)48(40)49-41/h1-28H. The minimum absolute atomic E-state index is 0.916. The van der Waals surface area contributed by atoms with Gasteiger partial charge in [-0.3, -0.25) is 0 Å². The van der Waals surface area contributed by atoms with Crippen LogP contribution in [0.2, 0.25) is 0 Å². The molecule has 0 atom stereocenters. The van der Waals surface area contributed by atoms with Gasteiger partial charge in [0.05, 0.1) is 0 Å². The predicted octanol–water partition coefficient (Wildman–Crippen LogP) is 13.7. The van der Waals surface area contributed by atoms with Gasteiger partial charge >= 0.3 is 0 Å². The van der Waals surface area contributed by atoms with E-state index in [4.69, 9.17) is 4.42 Å². The Morgan fingerprint density at radius 2 is 0.837 bits per heavy atom. The molecule has 0 radical (unpaired) electrons. The Kier molecular flexibility index (Phi) is 5.45. The largest absolute Gasteiger partial charge is 0.455 e. The SMILES string of the molecule is c1ccc(-c2c3c(c(-c4ccc(-c5cccc6oc7c8ccccc8ccc7c56)cc4)c4ccccc24)-c2cccc4cccc-3c24)cc1. The minimum Gasteiger partial charge on any atom is -0.455 e. The van der Waals surface area contributed by atoms with E-state index in [2.05, 4.69) is 170 Å². The third-order valence-electron chi connectivity index (χ3n) is 10.6. The van der Waals surface area contributed by atoms with Crippen LogP contribution in [0.1, 0.15) is 0 Å². The molecule has 0 amide bonds. The van der Waals surface area contributed by atoms with Crippen molar-refractivity contribution < 1.29 is 4.42 Å². The monoisotopic (exact) mass is 620 g/mol. The summed E-state index contributed by atoms with van der Waals surface area (Å²) >= 11 is 0. The summed E-state index contributed by atoms with van der Waals surface area (Å²) in [5, 5.41) is 9.83. The maximum atomic E-state index is 6.53. The molecule has 0 saturated heterocycles. The molecule has 0 fully saturated rings. The quantitative estimate of drug-likeness (QED) is 0.192. The number of rotatable bonds is 3. The van der Waals surface area contributed by atoms with Gasteiger partial charge in [0, 0.05) is 16.2 Å². The molecule has 0 N–H and O–H groups in total. The zero-order valence-electron chi connectivity index (χ0n) is 26.6. The molecule has 0 saturated carbocycles. The number of benzene rings is 9. The van der Waals surface area contributed by atoms with Crippen molar-refractivity contribution >= 4 is 54.3 Å². The molecule has 0 bridgehead atoms. The van der Waals surface area contributed by atoms with E-state index in [-0.39, 0.29) is 0 Å². The summed E-state index contributed by atoms with van der Waals surface area (Å²) in [6.45, 7) is 0. The third-order valence-corrected chi connectivity index (χ3v) is 10.6. The van der Waals surface area contributed by atoms with Crippen LogP contribution in [0.3, 0.4) is 0 Å². The average Bonchev–Trinajstić information content (AvgIpc) is 3.72. The van der Waals surface area contributed by atoms with Crippen molar-refractivity contribution in [3.05, 3.63) is 170 Å². The molecule has 0 unspecified atom stereocenters. The van der Waals surface area contributed by atoms with Gasteiger partial charge in [-0.15, -0.1) is 0 Å². The first-order chi connectivity index (χ1) is 24.3. The number of fused-ring (bicyclic) bond motifs is 9. The predicted molar refractivity (Wildman–Crippen MR) is 207 cm³/mol. The van der Waals surface area contributed by atoms with Crippen molar-refractivity contribution in [1.29, 1.82) is 0 Å². The summed E-state index contributed by atoms with van der Waals surface area (Å²) in [6.07, 6.45) is 0. The summed E-state index contributed by atoms with van der Waals surface area (Å²) in [7, 11) is 0. The van der Waals surface area contributed by atoms with E-state index in [0.717, 1.165) is 27.3 Å². The molecule has 49 heavy (non-hydrogen) atoms. The molecule has 1 aromatic heterocycles.